The fourth-order valence-corrected chi connectivity index (χ4v) is 2.46. The van der Waals surface area contributed by atoms with Crippen molar-refractivity contribution in [3.05, 3.63) is 38.8 Å². The van der Waals surface area contributed by atoms with Crippen LogP contribution < -0.4 is 5.32 Å². The van der Waals surface area contributed by atoms with E-state index in [-0.39, 0.29) is 5.91 Å². The molecule has 2 rings (SSSR count). The molecule has 0 aliphatic heterocycles. The third-order valence-electron chi connectivity index (χ3n) is 1.77. The Balaban J connectivity index is 1.95. The van der Waals surface area contributed by atoms with E-state index in [1.54, 1.807) is 11.3 Å². The van der Waals surface area contributed by atoms with Crippen molar-refractivity contribution in [2.24, 2.45) is 0 Å². The van der Waals surface area contributed by atoms with E-state index in [0.29, 0.717) is 12.2 Å². The van der Waals surface area contributed by atoms with Crippen molar-refractivity contribution >= 4 is 33.2 Å². The normalized spacial score (nSPS) is 10.2. The summed E-state index contributed by atoms with van der Waals surface area (Å²) in [6.07, 6.45) is 1.37. The van der Waals surface area contributed by atoms with Gasteiger partial charge in [-0.2, -0.15) is 0 Å². The predicted molar refractivity (Wildman–Crippen MR) is 59.7 cm³/mol. The third kappa shape index (κ3) is 2.45. The Kier molecular flexibility index (Phi) is 3.17. The number of carbonyl (C=O) groups is 1. The SMILES string of the molecule is O=C(NCc1sccc1Br)c1ccon1. The number of nitrogens with one attached hydrogen (secondary N) is 1. The lowest BCUT2D eigenvalue weighted by atomic mass is 10.4. The summed E-state index contributed by atoms with van der Waals surface area (Å²) in [5, 5.41) is 8.25. The molecule has 78 valence electrons. The second-order valence-electron chi connectivity index (χ2n) is 2.76. The van der Waals surface area contributed by atoms with Crippen molar-refractivity contribution in [1.29, 1.82) is 0 Å². The number of hydrogen-bond donors (Lipinski definition) is 1. The average molecular weight is 287 g/mol. The van der Waals surface area contributed by atoms with Crippen LogP contribution in [0.4, 0.5) is 0 Å². The van der Waals surface area contributed by atoms with Gasteiger partial charge in [0.05, 0.1) is 6.54 Å². The summed E-state index contributed by atoms with van der Waals surface area (Å²) < 4.78 is 5.59. The van der Waals surface area contributed by atoms with Crippen molar-refractivity contribution in [3.63, 3.8) is 0 Å². The zero-order valence-electron chi connectivity index (χ0n) is 7.57. The number of carbonyl (C=O) groups excluding carboxylic acids is 1. The lowest BCUT2D eigenvalue weighted by Gasteiger charge is -2.00. The molecule has 0 fully saturated rings. The van der Waals surface area contributed by atoms with Crippen LogP contribution >= 0.6 is 27.3 Å². The van der Waals surface area contributed by atoms with Gasteiger partial charge in [-0.3, -0.25) is 4.79 Å². The predicted octanol–water partition coefficient (Wildman–Crippen LogP) is 2.43. The van der Waals surface area contributed by atoms with Crippen molar-refractivity contribution in [2.45, 2.75) is 6.54 Å². The zero-order chi connectivity index (χ0) is 10.7. The molecule has 0 radical (unpaired) electrons. The van der Waals surface area contributed by atoms with Gasteiger partial charge in [0, 0.05) is 15.4 Å². The summed E-state index contributed by atoms with van der Waals surface area (Å²) in [4.78, 5) is 12.5. The summed E-state index contributed by atoms with van der Waals surface area (Å²) in [7, 11) is 0. The Morgan fingerprint density at radius 2 is 2.47 bits per heavy atom. The van der Waals surface area contributed by atoms with E-state index in [1.165, 1.54) is 12.3 Å². The quantitative estimate of drug-likeness (QED) is 0.943. The number of nitrogens with zero attached hydrogens (tertiary/aromatic N) is 1. The van der Waals surface area contributed by atoms with Crippen LogP contribution in [-0.2, 0) is 6.54 Å². The molecule has 4 nitrogen and oxygen atoms in total. The summed E-state index contributed by atoms with van der Waals surface area (Å²) >= 11 is 4.97. The number of amides is 1. The van der Waals surface area contributed by atoms with Gasteiger partial charge in [-0.15, -0.1) is 11.3 Å². The standard InChI is InChI=1S/C9H7BrN2O2S/c10-6-2-4-15-8(6)5-11-9(13)7-1-3-14-12-7/h1-4H,5H2,(H,11,13). The molecule has 1 amide bonds. The van der Waals surface area contributed by atoms with Gasteiger partial charge >= 0.3 is 0 Å². The molecule has 0 saturated heterocycles. The lowest BCUT2D eigenvalue weighted by molar-refractivity contribution is 0.0942. The molecule has 0 atom stereocenters. The molecule has 0 unspecified atom stereocenters. The number of thiophene rings is 1. The van der Waals surface area contributed by atoms with E-state index in [4.69, 9.17) is 0 Å². The molecule has 6 heteroatoms. The fraction of sp³-hybridized carbons (Fsp3) is 0.111. The molecule has 2 aromatic heterocycles. The van der Waals surface area contributed by atoms with Gasteiger partial charge in [-0.1, -0.05) is 5.16 Å². The first-order valence-electron chi connectivity index (χ1n) is 4.18. The van der Waals surface area contributed by atoms with Crippen molar-refractivity contribution in [1.82, 2.24) is 10.5 Å². The lowest BCUT2D eigenvalue weighted by Crippen LogP contribution is -2.22. The monoisotopic (exact) mass is 286 g/mol. The minimum Gasteiger partial charge on any atom is -0.364 e. The van der Waals surface area contributed by atoms with Gasteiger partial charge in [0.1, 0.15) is 6.26 Å². The maximum atomic E-state index is 11.5. The molecule has 0 aliphatic carbocycles. The van der Waals surface area contributed by atoms with Gasteiger partial charge in [0.2, 0.25) is 0 Å². The average Bonchev–Trinajstić information content (AvgIpc) is 2.85. The second-order valence-corrected chi connectivity index (χ2v) is 4.61. The summed E-state index contributed by atoms with van der Waals surface area (Å²) in [5.74, 6) is -0.232. The van der Waals surface area contributed by atoms with Gasteiger partial charge in [0.15, 0.2) is 5.69 Å². The Morgan fingerprint density at radius 1 is 1.60 bits per heavy atom. The highest BCUT2D eigenvalue weighted by Crippen LogP contribution is 2.22. The number of halogens is 1. The molecule has 0 saturated carbocycles. The molecule has 0 bridgehead atoms. The van der Waals surface area contributed by atoms with Gasteiger partial charge in [0.25, 0.3) is 5.91 Å². The smallest absolute Gasteiger partial charge is 0.273 e. The maximum Gasteiger partial charge on any atom is 0.273 e. The number of rotatable bonds is 3. The van der Waals surface area contributed by atoms with E-state index in [0.717, 1.165) is 9.35 Å². The fourth-order valence-electron chi connectivity index (χ4n) is 1.03. The van der Waals surface area contributed by atoms with Gasteiger partial charge in [-0.05, 0) is 27.4 Å². The number of hydrogen-bond acceptors (Lipinski definition) is 4. The van der Waals surface area contributed by atoms with Crippen LogP contribution in [0.5, 0.6) is 0 Å². The van der Waals surface area contributed by atoms with Crippen LogP contribution in [0.15, 0.2) is 32.8 Å². The zero-order valence-corrected chi connectivity index (χ0v) is 9.97. The van der Waals surface area contributed by atoms with Crippen LogP contribution in [-0.4, -0.2) is 11.1 Å². The summed E-state index contributed by atoms with van der Waals surface area (Å²) in [5.41, 5.74) is 0.294. The Labute approximate surface area is 98.4 Å². The minimum atomic E-state index is -0.232. The number of aromatic nitrogens is 1. The van der Waals surface area contributed by atoms with Crippen molar-refractivity contribution in [3.8, 4) is 0 Å². The molecule has 0 aromatic carbocycles. The molecule has 15 heavy (non-hydrogen) atoms. The van der Waals surface area contributed by atoms with E-state index in [2.05, 4.69) is 30.9 Å². The topological polar surface area (TPSA) is 55.1 Å². The second kappa shape index (κ2) is 4.59. The van der Waals surface area contributed by atoms with Crippen LogP contribution in [0.25, 0.3) is 0 Å². The molecule has 0 aliphatic rings. The van der Waals surface area contributed by atoms with E-state index >= 15 is 0 Å². The molecule has 2 aromatic rings. The van der Waals surface area contributed by atoms with Crippen molar-refractivity contribution < 1.29 is 9.32 Å². The molecule has 0 spiro atoms. The first-order chi connectivity index (χ1) is 7.27. The third-order valence-corrected chi connectivity index (χ3v) is 3.70. The van der Waals surface area contributed by atoms with Crippen LogP contribution in [0.2, 0.25) is 0 Å². The maximum absolute atomic E-state index is 11.5. The highest BCUT2D eigenvalue weighted by Gasteiger charge is 2.09. The molecule has 1 N–H and O–H groups in total. The van der Waals surface area contributed by atoms with Crippen LogP contribution in [0.3, 0.4) is 0 Å². The summed E-state index contributed by atoms with van der Waals surface area (Å²) in [6, 6.07) is 3.47. The van der Waals surface area contributed by atoms with Gasteiger partial charge < -0.3 is 9.84 Å². The molecular weight excluding hydrogens is 280 g/mol. The van der Waals surface area contributed by atoms with Gasteiger partial charge in [-0.25, -0.2) is 0 Å². The largest absolute Gasteiger partial charge is 0.364 e. The minimum absolute atomic E-state index is 0.232. The summed E-state index contributed by atoms with van der Waals surface area (Å²) in [6.45, 7) is 0.490. The van der Waals surface area contributed by atoms with E-state index < -0.39 is 0 Å². The first-order valence-corrected chi connectivity index (χ1v) is 5.85. The highest BCUT2D eigenvalue weighted by molar-refractivity contribution is 9.10. The van der Waals surface area contributed by atoms with E-state index in [1.807, 2.05) is 11.4 Å². The molecule has 2 heterocycles. The molecular formula is C9H7BrN2O2S. The Morgan fingerprint density at radius 3 is 3.07 bits per heavy atom. The first kappa shape index (κ1) is 10.4. The Bertz CT molecular complexity index is 452. The highest BCUT2D eigenvalue weighted by atomic mass is 79.9. The van der Waals surface area contributed by atoms with Crippen LogP contribution in [0, 0.1) is 0 Å². The Hall–Kier alpha value is -1.14. The van der Waals surface area contributed by atoms with Crippen LogP contribution in [0.1, 0.15) is 15.4 Å². The van der Waals surface area contributed by atoms with E-state index in [9.17, 15) is 4.79 Å². The van der Waals surface area contributed by atoms with Crippen molar-refractivity contribution in [2.75, 3.05) is 0 Å².